The van der Waals surface area contributed by atoms with Crippen molar-refractivity contribution in [2.45, 2.75) is 13.2 Å². The van der Waals surface area contributed by atoms with Crippen molar-refractivity contribution in [3.63, 3.8) is 0 Å². The average Bonchev–Trinajstić information content (AvgIpc) is 3.17. The predicted molar refractivity (Wildman–Crippen MR) is 117 cm³/mol. The van der Waals surface area contributed by atoms with Gasteiger partial charge < -0.3 is 15.2 Å². The summed E-state index contributed by atoms with van der Waals surface area (Å²) in [7, 11) is 0. The molecule has 2 N–H and O–H groups in total. The molecular formula is C24H18FNO4S. The van der Waals surface area contributed by atoms with Crippen molar-refractivity contribution >= 4 is 33.3 Å². The summed E-state index contributed by atoms with van der Waals surface area (Å²) >= 11 is 1.17. The van der Waals surface area contributed by atoms with Crippen molar-refractivity contribution in [1.29, 1.82) is 0 Å². The Bertz CT molecular complexity index is 1240. The van der Waals surface area contributed by atoms with Crippen LogP contribution in [0.3, 0.4) is 0 Å². The van der Waals surface area contributed by atoms with E-state index in [-0.39, 0.29) is 13.2 Å². The highest BCUT2D eigenvalue weighted by molar-refractivity contribution is 7.21. The Morgan fingerprint density at radius 2 is 1.65 bits per heavy atom. The maximum absolute atomic E-state index is 14.6. The lowest BCUT2D eigenvalue weighted by Crippen LogP contribution is -2.10. The van der Waals surface area contributed by atoms with Gasteiger partial charge in [0.2, 0.25) is 5.91 Å². The number of hydrogen-bond acceptors (Lipinski definition) is 5. The van der Waals surface area contributed by atoms with E-state index in [4.69, 9.17) is 15.2 Å². The number of amides is 1. The second-order valence-electron chi connectivity index (χ2n) is 6.76. The summed E-state index contributed by atoms with van der Waals surface area (Å²) in [6.07, 6.45) is 0. The zero-order chi connectivity index (χ0) is 21.8. The highest BCUT2D eigenvalue weighted by atomic mass is 32.1. The Morgan fingerprint density at radius 1 is 0.903 bits per heavy atom. The Kier molecular flexibility index (Phi) is 5.95. The van der Waals surface area contributed by atoms with Crippen LogP contribution in [-0.4, -0.2) is 11.9 Å². The van der Waals surface area contributed by atoms with E-state index in [1.807, 2.05) is 30.3 Å². The molecule has 156 valence electrons. The SMILES string of the molecule is NC(=O)c1ccc(OCc2c(C(=O)OCc3ccccc3)sc3cccc(F)c23)cc1. The molecule has 4 aromatic rings. The van der Waals surface area contributed by atoms with Gasteiger partial charge in [0.1, 0.15) is 29.7 Å². The largest absolute Gasteiger partial charge is 0.489 e. The van der Waals surface area contributed by atoms with Crippen LogP contribution in [0, 0.1) is 5.82 Å². The van der Waals surface area contributed by atoms with Crippen LogP contribution in [0.25, 0.3) is 10.1 Å². The second-order valence-corrected chi connectivity index (χ2v) is 7.81. The fraction of sp³-hybridized carbons (Fsp3) is 0.0833. The quantitative estimate of drug-likeness (QED) is 0.411. The molecule has 0 aliphatic heterocycles. The molecule has 0 bridgehead atoms. The van der Waals surface area contributed by atoms with Gasteiger partial charge in [0.05, 0.1) is 0 Å². The lowest BCUT2D eigenvalue weighted by Gasteiger charge is -2.09. The first kappa shape index (κ1) is 20.6. The highest BCUT2D eigenvalue weighted by Gasteiger charge is 2.22. The lowest BCUT2D eigenvalue weighted by atomic mass is 10.1. The van der Waals surface area contributed by atoms with Crippen LogP contribution >= 0.6 is 11.3 Å². The van der Waals surface area contributed by atoms with E-state index in [2.05, 4.69) is 0 Å². The molecule has 0 aliphatic carbocycles. The van der Waals surface area contributed by atoms with Gasteiger partial charge in [0.15, 0.2) is 0 Å². The van der Waals surface area contributed by atoms with E-state index in [1.165, 1.54) is 17.4 Å². The van der Waals surface area contributed by atoms with Crippen LogP contribution in [-0.2, 0) is 18.0 Å². The molecule has 1 aromatic heterocycles. The molecule has 5 nitrogen and oxygen atoms in total. The fourth-order valence-corrected chi connectivity index (χ4v) is 4.25. The zero-order valence-electron chi connectivity index (χ0n) is 16.3. The predicted octanol–water partition coefficient (Wildman–Crippen LogP) is 5.08. The average molecular weight is 435 g/mol. The molecule has 0 atom stereocenters. The third-order valence-corrected chi connectivity index (χ3v) is 5.86. The molecular weight excluding hydrogens is 417 g/mol. The minimum atomic E-state index is -0.541. The molecule has 0 unspecified atom stereocenters. The topological polar surface area (TPSA) is 78.6 Å². The smallest absolute Gasteiger partial charge is 0.349 e. The number of ether oxygens (including phenoxy) is 2. The number of thiophene rings is 1. The van der Waals surface area contributed by atoms with Gasteiger partial charge in [-0.3, -0.25) is 4.79 Å². The summed E-state index contributed by atoms with van der Waals surface area (Å²) in [6.45, 7) is 0.0812. The number of esters is 1. The van der Waals surface area contributed by atoms with Crippen LogP contribution in [0.4, 0.5) is 4.39 Å². The molecule has 1 amide bonds. The van der Waals surface area contributed by atoms with E-state index in [9.17, 15) is 14.0 Å². The van der Waals surface area contributed by atoms with E-state index < -0.39 is 17.7 Å². The van der Waals surface area contributed by atoms with Gasteiger partial charge in [-0.05, 0) is 42.0 Å². The third kappa shape index (κ3) is 4.57. The van der Waals surface area contributed by atoms with Crippen molar-refractivity contribution < 1.29 is 23.5 Å². The van der Waals surface area contributed by atoms with Crippen molar-refractivity contribution in [3.05, 3.63) is 100 Å². The van der Waals surface area contributed by atoms with E-state index in [1.54, 1.807) is 36.4 Å². The second kappa shape index (κ2) is 8.97. The number of halogens is 1. The molecule has 0 fully saturated rings. The Hall–Kier alpha value is -3.71. The van der Waals surface area contributed by atoms with Gasteiger partial charge >= 0.3 is 5.97 Å². The number of carbonyl (C=O) groups is 2. The van der Waals surface area contributed by atoms with Gasteiger partial charge in [0, 0.05) is 21.2 Å². The third-order valence-electron chi connectivity index (χ3n) is 4.68. The molecule has 1 heterocycles. The molecule has 4 rings (SSSR count). The molecule has 0 radical (unpaired) electrons. The maximum atomic E-state index is 14.6. The van der Waals surface area contributed by atoms with Crippen molar-refractivity contribution in [3.8, 4) is 5.75 Å². The van der Waals surface area contributed by atoms with Crippen LogP contribution in [0.15, 0.2) is 72.8 Å². The Balaban J connectivity index is 1.59. The number of nitrogens with two attached hydrogens (primary N) is 1. The summed E-state index contributed by atoms with van der Waals surface area (Å²) in [6, 6.07) is 20.3. The highest BCUT2D eigenvalue weighted by Crippen LogP contribution is 2.34. The monoisotopic (exact) mass is 435 g/mol. The lowest BCUT2D eigenvalue weighted by molar-refractivity contribution is 0.0476. The molecule has 0 saturated carbocycles. The Morgan fingerprint density at radius 3 is 2.35 bits per heavy atom. The summed E-state index contributed by atoms with van der Waals surface area (Å²) in [5.41, 5.74) is 6.88. The number of fused-ring (bicyclic) bond motifs is 1. The summed E-state index contributed by atoms with van der Waals surface area (Å²) in [4.78, 5) is 24.3. The fourth-order valence-electron chi connectivity index (χ4n) is 3.13. The van der Waals surface area contributed by atoms with Crippen LogP contribution in [0.5, 0.6) is 5.75 Å². The minimum absolute atomic E-state index is 0.0351. The van der Waals surface area contributed by atoms with Gasteiger partial charge in [0.25, 0.3) is 0 Å². The first-order valence-corrected chi connectivity index (χ1v) is 10.3. The van der Waals surface area contributed by atoms with E-state index in [0.29, 0.717) is 31.8 Å². The van der Waals surface area contributed by atoms with Gasteiger partial charge in [-0.2, -0.15) is 0 Å². The summed E-state index contributed by atoms with van der Waals surface area (Å²) < 4.78 is 26.5. The van der Waals surface area contributed by atoms with Gasteiger partial charge in [-0.1, -0.05) is 36.4 Å². The normalized spacial score (nSPS) is 10.7. The molecule has 0 spiro atoms. The zero-order valence-corrected chi connectivity index (χ0v) is 17.2. The minimum Gasteiger partial charge on any atom is -0.489 e. The van der Waals surface area contributed by atoms with E-state index in [0.717, 1.165) is 5.56 Å². The number of carbonyl (C=O) groups excluding carboxylic acids is 2. The van der Waals surface area contributed by atoms with Gasteiger partial charge in [-0.15, -0.1) is 11.3 Å². The first-order valence-electron chi connectivity index (χ1n) is 9.46. The van der Waals surface area contributed by atoms with Crippen molar-refractivity contribution in [2.24, 2.45) is 5.73 Å². The summed E-state index contributed by atoms with van der Waals surface area (Å²) in [5.74, 6) is -1.05. The maximum Gasteiger partial charge on any atom is 0.349 e. The molecule has 7 heteroatoms. The molecule has 3 aromatic carbocycles. The number of primary amides is 1. The van der Waals surface area contributed by atoms with Crippen molar-refractivity contribution in [2.75, 3.05) is 0 Å². The molecule has 0 aliphatic rings. The molecule has 0 saturated heterocycles. The van der Waals surface area contributed by atoms with Crippen LogP contribution in [0.1, 0.15) is 31.2 Å². The first-order chi connectivity index (χ1) is 15.0. The van der Waals surface area contributed by atoms with Crippen molar-refractivity contribution in [1.82, 2.24) is 0 Å². The Labute approximate surface area is 181 Å². The van der Waals surface area contributed by atoms with Crippen LogP contribution < -0.4 is 10.5 Å². The summed E-state index contributed by atoms with van der Waals surface area (Å²) in [5, 5.41) is 0.341. The number of hydrogen-bond donors (Lipinski definition) is 1. The van der Waals surface area contributed by atoms with E-state index >= 15 is 0 Å². The molecule has 31 heavy (non-hydrogen) atoms. The van der Waals surface area contributed by atoms with Crippen LogP contribution in [0.2, 0.25) is 0 Å². The van der Waals surface area contributed by atoms with Gasteiger partial charge in [-0.25, -0.2) is 9.18 Å². The standard InChI is InChI=1S/C24H18FNO4S/c25-19-7-4-8-20-21(19)18(14-29-17-11-9-16(10-12-17)23(26)27)22(31-20)24(28)30-13-15-5-2-1-3-6-15/h1-12H,13-14H2,(H2,26,27). The number of benzene rings is 3. The number of rotatable bonds is 7.